The van der Waals surface area contributed by atoms with Gasteiger partial charge in [-0.3, -0.25) is 0 Å². The van der Waals surface area contributed by atoms with Gasteiger partial charge in [-0.15, -0.1) is 0 Å². The van der Waals surface area contributed by atoms with Crippen molar-refractivity contribution in [2.75, 3.05) is 4.90 Å². The minimum atomic E-state index is 0.753. The molecule has 4 nitrogen and oxygen atoms in total. The SMILES string of the molecule is Cc1c(-c2ncccn2)ccc(-n2c3ccccc3c3cc(-c4ccc(N(c5ccccc5)c5ccccc5)cc4)ccc32)c1C. The fourth-order valence-corrected chi connectivity index (χ4v) is 6.55. The van der Waals surface area contributed by atoms with Crippen molar-refractivity contribution < 1.29 is 0 Å². The Morgan fingerprint density at radius 1 is 0.478 bits per heavy atom. The van der Waals surface area contributed by atoms with Crippen LogP contribution in [-0.2, 0) is 0 Å². The lowest BCUT2D eigenvalue weighted by atomic mass is 10.00. The standard InChI is InChI=1S/C42H32N4/c1-29-30(2)39(25-23-36(29)42-43-26-11-27-44-42)46-40-17-10-9-16-37(40)38-28-32(20-24-41(38)46)31-18-21-35(22-19-31)45(33-12-5-3-6-13-33)34-14-7-4-8-15-34/h3-28H,1-2H3. The van der Waals surface area contributed by atoms with Gasteiger partial charge in [0, 0.05) is 51.5 Å². The van der Waals surface area contributed by atoms with Crippen LogP contribution in [0.1, 0.15) is 11.1 Å². The predicted molar refractivity (Wildman–Crippen MR) is 191 cm³/mol. The van der Waals surface area contributed by atoms with Crippen molar-refractivity contribution in [2.45, 2.75) is 13.8 Å². The zero-order chi connectivity index (χ0) is 31.0. The van der Waals surface area contributed by atoms with Crippen molar-refractivity contribution in [3.8, 4) is 28.2 Å². The van der Waals surface area contributed by atoms with Crippen LogP contribution in [0.15, 0.2) is 158 Å². The van der Waals surface area contributed by atoms with Gasteiger partial charge in [0.2, 0.25) is 0 Å². The number of hydrogen-bond donors (Lipinski definition) is 0. The van der Waals surface area contributed by atoms with Gasteiger partial charge >= 0.3 is 0 Å². The number of rotatable bonds is 6. The van der Waals surface area contributed by atoms with Crippen molar-refractivity contribution in [1.29, 1.82) is 0 Å². The number of para-hydroxylation sites is 3. The fourth-order valence-electron chi connectivity index (χ4n) is 6.55. The monoisotopic (exact) mass is 592 g/mol. The molecule has 0 aliphatic heterocycles. The van der Waals surface area contributed by atoms with Crippen LogP contribution < -0.4 is 4.90 Å². The Morgan fingerprint density at radius 2 is 1.07 bits per heavy atom. The van der Waals surface area contributed by atoms with Crippen LogP contribution >= 0.6 is 0 Å². The fraction of sp³-hybridized carbons (Fsp3) is 0.0476. The molecule has 0 saturated heterocycles. The van der Waals surface area contributed by atoms with Gasteiger partial charge in [-0.25, -0.2) is 9.97 Å². The van der Waals surface area contributed by atoms with Gasteiger partial charge in [-0.1, -0.05) is 72.8 Å². The highest BCUT2D eigenvalue weighted by atomic mass is 15.1. The van der Waals surface area contributed by atoms with Crippen LogP contribution in [-0.4, -0.2) is 14.5 Å². The molecule has 220 valence electrons. The van der Waals surface area contributed by atoms with E-state index in [1.807, 2.05) is 6.07 Å². The van der Waals surface area contributed by atoms with Crippen LogP contribution in [0.2, 0.25) is 0 Å². The lowest BCUT2D eigenvalue weighted by Gasteiger charge is -2.25. The predicted octanol–water partition coefficient (Wildman–Crippen LogP) is 11.0. The maximum Gasteiger partial charge on any atom is 0.159 e. The molecule has 6 aromatic carbocycles. The minimum Gasteiger partial charge on any atom is -0.311 e. The van der Waals surface area contributed by atoms with Gasteiger partial charge in [-0.05, 0) is 109 Å². The Bertz CT molecular complexity index is 2270. The summed E-state index contributed by atoms with van der Waals surface area (Å²) < 4.78 is 2.40. The van der Waals surface area contributed by atoms with Gasteiger partial charge in [-0.2, -0.15) is 0 Å². The molecule has 0 unspecified atom stereocenters. The molecule has 0 bridgehead atoms. The largest absolute Gasteiger partial charge is 0.311 e. The first-order valence-electron chi connectivity index (χ1n) is 15.6. The average molecular weight is 593 g/mol. The molecule has 2 aromatic heterocycles. The second kappa shape index (κ2) is 11.5. The van der Waals surface area contributed by atoms with E-state index >= 15 is 0 Å². The van der Waals surface area contributed by atoms with Crippen LogP contribution in [0.25, 0.3) is 50.0 Å². The number of anilines is 3. The van der Waals surface area contributed by atoms with Crippen molar-refractivity contribution >= 4 is 38.9 Å². The van der Waals surface area contributed by atoms with Crippen molar-refractivity contribution in [1.82, 2.24) is 14.5 Å². The van der Waals surface area contributed by atoms with E-state index in [4.69, 9.17) is 0 Å². The van der Waals surface area contributed by atoms with Gasteiger partial charge < -0.3 is 9.47 Å². The number of hydrogen-bond acceptors (Lipinski definition) is 3. The van der Waals surface area contributed by atoms with Crippen molar-refractivity contribution in [2.24, 2.45) is 0 Å². The number of aromatic nitrogens is 3. The molecule has 0 spiro atoms. The second-order valence-electron chi connectivity index (χ2n) is 11.6. The second-order valence-corrected chi connectivity index (χ2v) is 11.6. The molecule has 0 amide bonds. The van der Waals surface area contributed by atoms with Crippen LogP contribution in [0.5, 0.6) is 0 Å². The molecular weight excluding hydrogens is 560 g/mol. The Balaban J connectivity index is 1.21. The Morgan fingerprint density at radius 3 is 1.76 bits per heavy atom. The molecule has 0 fully saturated rings. The summed E-state index contributed by atoms with van der Waals surface area (Å²) in [6, 6.07) is 51.7. The zero-order valence-corrected chi connectivity index (χ0v) is 25.8. The first-order chi connectivity index (χ1) is 22.7. The summed E-state index contributed by atoms with van der Waals surface area (Å²) in [7, 11) is 0. The van der Waals surface area contributed by atoms with E-state index in [0.29, 0.717) is 0 Å². The van der Waals surface area contributed by atoms with E-state index in [1.54, 1.807) is 12.4 Å². The molecule has 0 radical (unpaired) electrons. The molecule has 0 aliphatic carbocycles. The third-order valence-corrected chi connectivity index (χ3v) is 8.97. The summed E-state index contributed by atoms with van der Waals surface area (Å²) in [5.41, 5.74) is 12.8. The van der Waals surface area contributed by atoms with E-state index in [9.17, 15) is 0 Å². The lowest BCUT2D eigenvalue weighted by Crippen LogP contribution is -2.09. The molecular formula is C42H32N4. The maximum atomic E-state index is 4.51. The molecule has 8 aromatic rings. The highest BCUT2D eigenvalue weighted by Gasteiger charge is 2.18. The molecule has 46 heavy (non-hydrogen) atoms. The maximum absolute atomic E-state index is 4.51. The molecule has 0 saturated carbocycles. The first kappa shape index (κ1) is 27.5. The van der Waals surface area contributed by atoms with E-state index in [1.165, 1.54) is 49.7 Å². The number of benzene rings is 6. The Labute approximate surface area is 268 Å². The molecule has 0 atom stereocenters. The van der Waals surface area contributed by atoms with E-state index in [2.05, 4.69) is 173 Å². The lowest BCUT2D eigenvalue weighted by molar-refractivity contribution is 1.12. The highest BCUT2D eigenvalue weighted by Crippen LogP contribution is 2.39. The minimum absolute atomic E-state index is 0.753. The van der Waals surface area contributed by atoms with Crippen LogP contribution in [0.4, 0.5) is 17.1 Å². The molecule has 0 N–H and O–H groups in total. The Hall–Kier alpha value is -6.00. The van der Waals surface area contributed by atoms with Crippen LogP contribution in [0.3, 0.4) is 0 Å². The molecule has 4 heteroatoms. The molecule has 8 rings (SSSR count). The summed E-state index contributed by atoms with van der Waals surface area (Å²) in [5, 5.41) is 2.47. The summed E-state index contributed by atoms with van der Waals surface area (Å²) in [5.74, 6) is 0.753. The first-order valence-corrected chi connectivity index (χ1v) is 15.6. The smallest absolute Gasteiger partial charge is 0.159 e. The molecule has 2 heterocycles. The quantitative estimate of drug-likeness (QED) is 0.193. The van der Waals surface area contributed by atoms with E-state index in [0.717, 1.165) is 28.5 Å². The third kappa shape index (κ3) is 4.72. The van der Waals surface area contributed by atoms with E-state index < -0.39 is 0 Å². The van der Waals surface area contributed by atoms with Gasteiger partial charge in [0.05, 0.1) is 11.0 Å². The van der Waals surface area contributed by atoms with Crippen LogP contribution in [0, 0.1) is 13.8 Å². The van der Waals surface area contributed by atoms with Gasteiger partial charge in [0.25, 0.3) is 0 Å². The van der Waals surface area contributed by atoms with E-state index in [-0.39, 0.29) is 0 Å². The Kier molecular flexibility index (Phi) is 6.88. The number of nitrogens with zero attached hydrogens (tertiary/aromatic N) is 4. The van der Waals surface area contributed by atoms with Crippen molar-refractivity contribution in [3.63, 3.8) is 0 Å². The number of fused-ring (bicyclic) bond motifs is 3. The van der Waals surface area contributed by atoms with Gasteiger partial charge in [0.1, 0.15) is 0 Å². The molecule has 0 aliphatic rings. The zero-order valence-electron chi connectivity index (χ0n) is 25.8. The summed E-state index contributed by atoms with van der Waals surface area (Å²) in [6.45, 7) is 4.36. The average Bonchev–Trinajstić information content (AvgIpc) is 3.45. The van der Waals surface area contributed by atoms with Gasteiger partial charge in [0.15, 0.2) is 5.82 Å². The topological polar surface area (TPSA) is 34.0 Å². The third-order valence-electron chi connectivity index (χ3n) is 8.97. The summed E-state index contributed by atoms with van der Waals surface area (Å²) >= 11 is 0. The highest BCUT2D eigenvalue weighted by molar-refractivity contribution is 6.10. The summed E-state index contributed by atoms with van der Waals surface area (Å²) in [6.07, 6.45) is 3.59. The summed E-state index contributed by atoms with van der Waals surface area (Å²) in [4.78, 5) is 11.3. The normalized spacial score (nSPS) is 11.3. The van der Waals surface area contributed by atoms with Crippen molar-refractivity contribution in [3.05, 3.63) is 169 Å².